The van der Waals surface area contributed by atoms with Gasteiger partial charge in [0.05, 0.1) is 0 Å². The molecule has 11 heteroatoms. The van der Waals surface area contributed by atoms with Crippen LogP contribution in [0, 0.1) is 12.8 Å². The number of carbonyl (C=O) groups is 5. The lowest BCUT2D eigenvalue weighted by Gasteiger charge is -2.25. The Hall–Kier alpha value is -5.06. The summed E-state index contributed by atoms with van der Waals surface area (Å²) in [5.74, 6) is -1.94. The van der Waals surface area contributed by atoms with Crippen LogP contribution in [0.4, 0.5) is 0 Å². The van der Waals surface area contributed by atoms with E-state index in [0.717, 1.165) is 16.7 Å². The summed E-state index contributed by atoms with van der Waals surface area (Å²) in [4.78, 5) is 73.1. The summed E-state index contributed by atoms with van der Waals surface area (Å²) >= 11 is 0. The predicted molar refractivity (Wildman–Crippen MR) is 183 cm³/mol. The SMILES string of the molecule is Cc1cccnc1C(=O)N1CCCCNC(=O)[C@@H](C)NC(=O)[C@H](CC(C)C)NC(=O)[C@@H](Cc2ccccc2)NC(=O)c2ccc(cc2)C1. The van der Waals surface area contributed by atoms with Gasteiger partial charge in [-0.05, 0) is 73.9 Å². The number of pyridine rings is 1. The molecule has 0 spiro atoms. The molecule has 5 rings (SSSR count). The van der Waals surface area contributed by atoms with Crippen LogP contribution in [0.3, 0.4) is 0 Å². The van der Waals surface area contributed by atoms with Crippen LogP contribution in [0.25, 0.3) is 0 Å². The van der Waals surface area contributed by atoms with Crippen LogP contribution in [-0.4, -0.2) is 70.6 Å². The van der Waals surface area contributed by atoms with Gasteiger partial charge in [-0.3, -0.25) is 29.0 Å². The highest BCUT2D eigenvalue weighted by Gasteiger charge is 2.30. The fourth-order valence-corrected chi connectivity index (χ4v) is 5.54. The zero-order valence-corrected chi connectivity index (χ0v) is 28.1. The van der Waals surface area contributed by atoms with Crippen molar-refractivity contribution in [1.29, 1.82) is 0 Å². The maximum atomic E-state index is 13.7. The number of nitrogens with zero attached hydrogens (tertiary/aromatic N) is 2. The van der Waals surface area contributed by atoms with Gasteiger partial charge in [-0.2, -0.15) is 0 Å². The molecule has 2 aliphatic heterocycles. The largest absolute Gasteiger partial charge is 0.354 e. The molecule has 3 heterocycles. The number of benzene rings is 2. The van der Waals surface area contributed by atoms with Gasteiger partial charge in [0.2, 0.25) is 17.7 Å². The predicted octanol–water partition coefficient (Wildman–Crippen LogP) is 3.32. The number of amides is 5. The first-order valence-corrected chi connectivity index (χ1v) is 16.5. The molecule has 2 aromatic carbocycles. The van der Waals surface area contributed by atoms with Gasteiger partial charge in [0, 0.05) is 37.8 Å². The van der Waals surface area contributed by atoms with Crippen LogP contribution in [0.1, 0.15) is 77.6 Å². The number of rotatable bonds is 5. The molecule has 3 aromatic rings. The smallest absolute Gasteiger partial charge is 0.273 e. The second-order valence-corrected chi connectivity index (χ2v) is 12.7. The summed E-state index contributed by atoms with van der Waals surface area (Å²) in [5.41, 5.74) is 3.15. The first-order chi connectivity index (χ1) is 23.0. The summed E-state index contributed by atoms with van der Waals surface area (Å²) in [6, 6.07) is 17.1. The minimum atomic E-state index is -0.980. The van der Waals surface area contributed by atoms with Crippen LogP contribution < -0.4 is 21.3 Å². The third-order valence-electron chi connectivity index (χ3n) is 8.24. The van der Waals surface area contributed by atoms with Gasteiger partial charge in [0.25, 0.3) is 11.8 Å². The maximum absolute atomic E-state index is 13.7. The topological polar surface area (TPSA) is 150 Å². The number of aromatic nitrogens is 1. The molecular weight excluding hydrogens is 608 g/mol. The molecule has 0 unspecified atom stereocenters. The highest BCUT2D eigenvalue weighted by atomic mass is 16.2. The molecule has 11 nitrogen and oxygen atoms in total. The van der Waals surface area contributed by atoms with E-state index in [9.17, 15) is 24.0 Å². The Morgan fingerprint density at radius 3 is 2.25 bits per heavy atom. The molecule has 4 N–H and O–H groups in total. The molecule has 0 aliphatic carbocycles. The van der Waals surface area contributed by atoms with Gasteiger partial charge in [-0.25, -0.2) is 0 Å². The van der Waals surface area contributed by atoms with E-state index in [1.807, 2.05) is 57.2 Å². The molecule has 1 aromatic heterocycles. The van der Waals surface area contributed by atoms with Crippen LogP contribution in [-0.2, 0) is 27.3 Å². The zero-order chi connectivity index (χ0) is 34.6. The van der Waals surface area contributed by atoms with E-state index in [2.05, 4.69) is 26.3 Å². The van der Waals surface area contributed by atoms with Crippen molar-refractivity contribution in [3.05, 3.63) is 101 Å². The number of carbonyl (C=O) groups excluding carboxylic acids is 5. The molecule has 2 aliphatic rings. The van der Waals surface area contributed by atoms with E-state index in [1.54, 1.807) is 48.4 Å². The summed E-state index contributed by atoms with van der Waals surface area (Å²) in [7, 11) is 0. The number of fused-ring (bicyclic) bond motifs is 18. The third kappa shape index (κ3) is 10.2. The highest BCUT2D eigenvalue weighted by molar-refractivity contribution is 5.99. The molecule has 0 saturated heterocycles. The molecule has 48 heavy (non-hydrogen) atoms. The average molecular weight is 655 g/mol. The van der Waals surface area contributed by atoms with Crippen LogP contribution in [0.15, 0.2) is 72.9 Å². The second kappa shape index (κ2) is 17.2. The van der Waals surface area contributed by atoms with Crippen LogP contribution in [0.2, 0.25) is 0 Å². The van der Waals surface area contributed by atoms with Gasteiger partial charge < -0.3 is 26.2 Å². The molecule has 3 atom stereocenters. The number of nitrogens with one attached hydrogen (secondary N) is 4. The van der Waals surface area contributed by atoms with Gasteiger partial charge in [0.15, 0.2) is 0 Å². The number of hydrogen-bond acceptors (Lipinski definition) is 6. The standard InChI is InChI=1S/C37H46N6O5/c1-24(2)21-30-35(46)40-26(4)33(44)39-18-8-9-20-43(37(48)32-25(3)11-10-19-38-32)23-28-14-16-29(17-15-28)34(45)41-31(36(47)42-30)22-27-12-6-5-7-13-27/h5-7,10-17,19,24,26,30-31H,8-9,18,20-23H2,1-4H3,(H,39,44)(H,40,46)(H,41,45)(H,42,47)/t26-,30+,31-/m1/s1. The van der Waals surface area contributed by atoms with Gasteiger partial charge in [0.1, 0.15) is 23.8 Å². The first-order valence-electron chi connectivity index (χ1n) is 16.5. The number of aryl methyl sites for hydroxylation is 1. The van der Waals surface area contributed by atoms with E-state index < -0.39 is 35.8 Å². The van der Waals surface area contributed by atoms with Crippen molar-refractivity contribution < 1.29 is 24.0 Å². The summed E-state index contributed by atoms with van der Waals surface area (Å²) in [5, 5.41) is 11.3. The summed E-state index contributed by atoms with van der Waals surface area (Å²) in [6.45, 7) is 8.39. The highest BCUT2D eigenvalue weighted by Crippen LogP contribution is 2.15. The average Bonchev–Trinajstić information content (AvgIpc) is 3.06. The van der Waals surface area contributed by atoms with Crippen molar-refractivity contribution >= 4 is 29.5 Å². The Labute approximate surface area is 282 Å². The van der Waals surface area contributed by atoms with Gasteiger partial charge in [-0.15, -0.1) is 0 Å². The molecule has 254 valence electrons. The molecule has 2 bridgehead atoms. The molecule has 0 saturated carbocycles. The molecule has 0 fully saturated rings. The van der Waals surface area contributed by atoms with E-state index in [0.29, 0.717) is 50.2 Å². The van der Waals surface area contributed by atoms with E-state index >= 15 is 0 Å². The van der Waals surface area contributed by atoms with E-state index in [4.69, 9.17) is 0 Å². The van der Waals surface area contributed by atoms with E-state index in [1.165, 1.54) is 0 Å². The normalized spacial score (nSPS) is 20.3. The van der Waals surface area contributed by atoms with Crippen molar-refractivity contribution in [3.63, 3.8) is 0 Å². The Morgan fingerprint density at radius 2 is 1.56 bits per heavy atom. The molecule has 0 radical (unpaired) electrons. The summed E-state index contributed by atoms with van der Waals surface area (Å²) in [6.07, 6.45) is 3.35. The maximum Gasteiger partial charge on any atom is 0.273 e. The lowest BCUT2D eigenvalue weighted by molar-refractivity contribution is -0.132. The van der Waals surface area contributed by atoms with Crippen LogP contribution in [0.5, 0.6) is 0 Å². The zero-order valence-electron chi connectivity index (χ0n) is 28.1. The molecule has 5 amide bonds. The number of hydrogen-bond donors (Lipinski definition) is 4. The lowest BCUT2D eigenvalue weighted by Crippen LogP contribution is -2.57. The lowest BCUT2D eigenvalue weighted by atomic mass is 10.0. The fraction of sp³-hybridized carbons (Fsp3) is 0.405. The monoisotopic (exact) mass is 654 g/mol. The first kappa shape index (κ1) is 35.8. The Morgan fingerprint density at radius 1 is 0.854 bits per heavy atom. The minimum Gasteiger partial charge on any atom is -0.354 e. The Kier molecular flexibility index (Phi) is 12.8. The summed E-state index contributed by atoms with van der Waals surface area (Å²) < 4.78 is 0. The second-order valence-electron chi connectivity index (χ2n) is 12.7. The minimum absolute atomic E-state index is 0.0633. The van der Waals surface area contributed by atoms with E-state index in [-0.39, 0.29) is 24.2 Å². The Bertz CT molecular complexity index is 1580. The van der Waals surface area contributed by atoms with Gasteiger partial charge >= 0.3 is 0 Å². The van der Waals surface area contributed by atoms with Crippen molar-refractivity contribution in [2.45, 2.75) is 78.0 Å². The van der Waals surface area contributed by atoms with Crippen molar-refractivity contribution in [3.8, 4) is 0 Å². The fourth-order valence-electron chi connectivity index (χ4n) is 5.54. The Balaban J connectivity index is 1.63. The van der Waals surface area contributed by atoms with Gasteiger partial charge in [-0.1, -0.05) is 62.4 Å². The quantitative estimate of drug-likeness (QED) is 0.310. The van der Waals surface area contributed by atoms with Crippen LogP contribution >= 0.6 is 0 Å². The van der Waals surface area contributed by atoms with Crippen molar-refractivity contribution in [2.75, 3.05) is 13.1 Å². The third-order valence-corrected chi connectivity index (χ3v) is 8.24. The van der Waals surface area contributed by atoms with Crippen molar-refractivity contribution in [2.24, 2.45) is 5.92 Å². The molecular formula is C37H46N6O5. The van der Waals surface area contributed by atoms with Crippen molar-refractivity contribution in [1.82, 2.24) is 31.2 Å².